The first kappa shape index (κ1) is 9.70. The second-order valence-electron chi connectivity index (χ2n) is 2.69. The largest absolute Gasteiger partial charge is 0.324 e. The van der Waals surface area contributed by atoms with Crippen molar-refractivity contribution in [2.24, 2.45) is 5.73 Å². The summed E-state index contributed by atoms with van der Waals surface area (Å²) < 4.78 is 0. The van der Waals surface area contributed by atoms with Crippen molar-refractivity contribution in [3.05, 3.63) is 12.2 Å². The summed E-state index contributed by atoms with van der Waals surface area (Å²) in [5.41, 5.74) is 5.74. The third kappa shape index (κ3) is 5.83. The van der Waals surface area contributed by atoms with Gasteiger partial charge >= 0.3 is 0 Å². The molecule has 60 valence electrons. The van der Waals surface area contributed by atoms with Crippen LogP contribution >= 0.6 is 0 Å². The quantitative estimate of drug-likeness (QED) is 0.462. The Balaban J connectivity index is 3.13. The summed E-state index contributed by atoms with van der Waals surface area (Å²) in [5.74, 6) is 0. The lowest BCUT2D eigenvalue weighted by Crippen LogP contribution is -2.15. The second-order valence-corrected chi connectivity index (χ2v) is 2.69. The molecule has 0 aromatic carbocycles. The van der Waals surface area contributed by atoms with E-state index in [-0.39, 0.29) is 6.04 Å². The van der Waals surface area contributed by atoms with Crippen LogP contribution < -0.4 is 5.73 Å². The number of nitrogens with two attached hydrogens (primary N) is 1. The molecule has 0 bridgehead atoms. The molecule has 0 aliphatic carbocycles. The lowest BCUT2D eigenvalue weighted by atomic mass is 10.1. The highest BCUT2D eigenvalue weighted by atomic mass is 14.6. The molecule has 10 heavy (non-hydrogen) atoms. The van der Waals surface area contributed by atoms with Crippen molar-refractivity contribution in [1.29, 1.82) is 0 Å². The molecule has 0 aromatic heterocycles. The lowest BCUT2D eigenvalue weighted by molar-refractivity contribution is 0.622. The van der Waals surface area contributed by atoms with Crippen LogP contribution in [0.25, 0.3) is 0 Å². The van der Waals surface area contributed by atoms with Crippen molar-refractivity contribution in [2.45, 2.75) is 45.6 Å². The van der Waals surface area contributed by atoms with E-state index in [9.17, 15) is 0 Å². The standard InChI is InChI=1S/C9H19N/c1-3-5-6-8-9(10)7-4-2/h4,7,9H,3,5-6,8,10H2,1-2H3/b7-4+. The van der Waals surface area contributed by atoms with Crippen LogP contribution in [-0.2, 0) is 0 Å². The number of hydrogen-bond acceptors (Lipinski definition) is 1. The van der Waals surface area contributed by atoms with Crippen molar-refractivity contribution in [2.75, 3.05) is 0 Å². The van der Waals surface area contributed by atoms with Crippen LogP contribution in [-0.4, -0.2) is 6.04 Å². The molecule has 0 rings (SSSR count). The fourth-order valence-electron chi connectivity index (χ4n) is 0.973. The van der Waals surface area contributed by atoms with Crippen LogP contribution in [0.3, 0.4) is 0 Å². The predicted molar refractivity (Wildman–Crippen MR) is 46.9 cm³/mol. The molecule has 1 atom stereocenters. The molecule has 1 unspecified atom stereocenters. The minimum Gasteiger partial charge on any atom is -0.324 e. The molecular formula is C9H19N. The monoisotopic (exact) mass is 141 g/mol. The van der Waals surface area contributed by atoms with Crippen LogP contribution in [0, 0.1) is 0 Å². The Kier molecular flexibility index (Phi) is 6.61. The zero-order valence-corrected chi connectivity index (χ0v) is 7.14. The Bertz CT molecular complexity index is 86.7. The molecule has 0 aromatic rings. The maximum atomic E-state index is 5.74. The SMILES string of the molecule is C/C=C/C(N)CCCCC. The van der Waals surface area contributed by atoms with E-state index in [1.54, 1.807) is 0 Å². The molecule has 0 aliphatic rings. The van der Waals surface area contributed by atoms with Gasteiger partial charge in [-0.1, -0.05) is 38.3 Å². The van der Waals surface area contributed by atoms with Gasteiger partial charge in [0.2, 0.25) is 0 Å². The lowest BCUT2D eigenvalue weighted by Gasteiger charge is -2.03. The molecule has 0 heterocycles. The summed E-state index contributed by atoms with van der Waals surface area (Å²) in [5, 5.41) is 0. The number of allylic oxidation sites excluding steroid dienone is 1. The molecule has 1 heteroatoms. The minimum atomic E-state index is 0.288. The highest BCUT2D eigenvalue weighted by Crippen LogP contribution is 2.01. The zero-order chi connectivity index (χ0) is 7.82. The van der Waals surface area contributed by atoms with Gasteiger partial charge in [0.05, 0.1) is 0 Å². The average molecular weight is 141 g/mol. The fraction of sp³-hybridized carbons (Fsp3) is 0.778. The number of rotatable bonds is 5. The van der Waals surface area contributed by atoms with E-state index in [2.05, 4.69) is 13.0 Å². The second kappa shape index (κ2) is 6.81. The molecule has 0 aliphatic heterocycles. The first-order chi connectivity index (χ1) is 4.81. The van der Waals surface area contributed by atoms with E-state index in [1.165, 1.54) is 19.3 Å². The van der Waals surface area contributed by atoms with Gasteiger partial charge in [-0.25, -0.2) is 0 Å². The van der Waals surface area contributed by atoms with E-state index < -0.39 is 0 Å². The van der Waals surface area contributed by atoms with Crippen molar-refractivity contribution in [3.63, 3.8) is 0 Å². The summed E-state index contributed by atoms with van der Waals surface area (Å²) in [4.78, 5) is 0. The highest BCUT2D eigenvalue weighted by Gasteiger charge is 1.94. The van der Waals surface area contributed by atoms with Gasteiger partial charge in [0.15, 0.2) is 0 Å². The van der Waals surface area contributed by atoms with Crippen LogP contribution in [0.4, 0.5) is 0 Å². The van der Waals surface area contributed by atoms with Crippen LogP contribution in [0.2, 0.25) is 0 Å². The molecule has 0 saturated carbocycles. The van der Waals surface area contributed by atoms with Gasteiger partial charge in [-0.3, -0.25) is 0 Å². The van der Waals surface area contributed by atoms with Crippen molar-refractivity contribution < 1.29 is 0 Å². The van der Waals surface area contributed by atoms with Gasteiger partial charge in [0, 0.05) is 6.04 Å². The smallest absolute Gasteiger partial charge is 0.0223 e. The van der Waals surface area contributed by atoms with Crippen LogP contribution in [0.15, 0.2) is 12.2 Å². The van der Waals surface area contributed by atoms with Gasteiger partial charge in [-0.05, 0) is 13.3 Å². The molecule has 0 spiro atoms. The van der Waals surface area contributed by atoms with Gasteiger partial charge in [0.1, 0.15) is 0 Å². The van der Waals surface area contributed by atoms with E-state index in [1.807, 2.05) is 13.0 Å². The van der Waals surface area contributed by atoms with E-state index in [4.69, 9.17) is 5.73 Å². The first-order valence-corrected chi connectivity index (χ1v) is 4.19. The minimum absolute atomic E-state index is 0.288. The summed E-state index contributed by atoms with van der Waals surface area (Å²) >= 11 is 0. The Hall–Kier alpha value is -0.300. The Morgan fingerprint density at radius 2 is 2.10 bits per heavy atom. The maximum absolute atomic E-state index is 5.74. The Morgan fingerprint density at radius 3 is 2.60 bits per heavy atom. The fourth-order valence-corrected chi connectivity index (χ4v) is 0.973. The van der Waals surface area contributed by atoms with Crippen molar-refractivity contribution in [1.82, 2.24) is 0 Å². The van der Waals surface area contributed by atoms with Crippen molar-refractivity contribution in [3.8, 4) is 0 Å². The molecule has 2 N–H and O–H groups in total. The van der Waals surface area contributed by atoms with E-state index in [0.717, 1.165) is 6.42 Å². The Labute approximate surface area is 64.3 Å². The maximum Gasteiger partial charge on any atom is 0.0223 e. The Morgan fingerprint density at radius 1 is 1.40 bits per heavy atom. The number of unbranched alkanes of at least 4 members (excludes halogenated alkanes) is 2. The number of hydrogen-bond donors (Lipinski definition) is 1. The van der Waals surface area contributed by atoms with E-state index >= 15 is 0 Å². The van der Waals surface area contributed by atoms with Gasteiger partial charge in [-0.2, -0.15) is 0 Å². The summed E-state index contributed by atoms with van der Waals surface area (Å²) in [6, 6.07) is 0.288. The zero-order valence-electron chi connectivity index (χ0n) is 7.14. The van der Waals surface area contributed by atoms with Gasteiger partial charge in [-0.15, -0.1) is 0 Å². The van der Waals surface area contributed by atoms with E-state index in [0.29, 0.717) is 0 Å². The topological polar surface area (TPSA) is 26.0 Å². The third-order valence-electron chi connectivity index (χ3n) is 1.58. The molecule has 0 radical (unpaired) electrons. The molecule has 0 saturated heterocycles. The summed E-state index contributed by atoms with van der Waals surface area (Å²) in [6.07, 6.45) is 9.08. The predicted octanol–water partition coefficient (Wildman–Crippen LogP) is 2.47. The third-order valence-corrected chi connectivity index (χ3v) is 1.58. The van der Waals surface area contributed by atoms with Crippen LogP contribution in [0.5, 0.6) is 0 Å². The average Bonchev–Trinajstić information content (AvgIpc) is 1.89. The van der Waals surface area contributed by atoms with Gasteiger partial charge in [0.25, 0.3) is 0 Å². The summed E-state index contributed by atoms with van der Waals surface area (Å²) in [7, 11) is 0. The van der Waals surface area contributed by atoms with Gasteiger partial charge < -0.3 is 5.73 Å². The normalized spacial score (nSPS) is 14.3. The molecule has 0 fully saturated rings. The van der Waals surface area contributed by atoms with Crippen LogP contribution in [0.1, 0.15) is 39.5 Å². The molecule has 0 amide bonds. The summed E-state index contributed by atoms with van der Waals surface area (Å²) in [6.45, 7) is 4.22. The first-order valence-electron chi connectivity index (χ1n) is 4.19. The molecular weight excluding hydrogens is 122 g/mol. The van der Waals surface area contributed by atoms with Crippen molar-refractivity contribution >= 4 is 0 Å². The highest BCUT2D eigenvalue weighted by molar-refractivity contribution is 4.88. The molecule has 1 nitrogen and oxygen atoms in total.